The monoisotopic (exact) mass is 182 g/mol. The second-order valence-corrected chi connectivity index (χ2v) is 4.30. The van der Waals surface area contributed by atoms with E-state index in [2.05, 4.69) is 32.8 Å². The van der Waals surface area contributed by atoms with Gasteiger partial charge in [-0.15, -0.1) is 5.10 Å². The summed E-state index contributed by atoms with van der Waals surface area (Å²) in [7, 11) is 1.65. The highest BCUT2D eigenvalue weighted by Gasteiger charge is 2.20. The van der Waals surface area contributed by atoms with Crippen molar-refractivity contribution in [2.24, 2.45) is 0 Å². The van der Waals surface area contributed by atoms with Gasteiger partial charge in [0.25, 0.3) is 0 Å². The molecule has 3 heteroatoms. The Morgan fingerprint density at radius 1 is 1.23 bits per heavy atom. The highest BCUT2D eigenvalue weighted by Crippen LogP contribution is 2.24. The van der Waals surface area contributed by atoms with Gasteiger partial charge in [-0.05, 0) is 34.6 Å². The van der Waals surface area contributed by atoms with Gasteiger partial charge in [0.1, 0.15) is 0 Å². The molecule has 0 aromatic carbocycles. The summed E-state index contributed by atoms with van der Waals surface area (Å²) in [6.45, 7) is 10.5. The molecule has 0 unspecified atom stereocenters. The summed E-state index contributed by atoms with van der Waals surface area (Å²) in [5, 5.41) is 4.39. The number of rotatable bonds is 1. The Balaban J connectivity index is 3.25. The van der Waals surface area contributed by atoms with E-state index in [9.17, 15) is 0 Å². The van der Waals surface area contributed by atoms with E-state index in [1.54, 1.807) is 7.11 Å². The zero-order chi connectivity index (χ0) is 10.2. The molecule has 0 saturated carbocycles. The van der Waals surface area contributed by atoms with Crippen molar-refractivity contribution in [1.29, 1.82) is 0 Å². The third-order valence-corrected chi connectivity index (χ3v) is 2.20. The molecule has 1 aromatic rings. The summed E-state index contributed by atoms with van der Waals surface area (Å²) < 4.78 is 7.17. The van der Waals surface area contributed by atoms with Crippen molar-refractivity contribution in [2.75, 3.05) is 7.11 Å². The van der Waals surface area contributed by atoms with Crippen LogP contribution in [0.5, 0.6) is 5.88 Å². The molecule has 0 aliphatic rings. The van der Waals surface area contributed by atoms with E-state index in [-0.39, 0.29) is 5.54 Å². The lowest BCUT2D eigenvalue weighted by Crippen LogP contribution is -2.24. The third-order valence-electron chi connectivity index (χ3n) is 2.20. The van der Waals surface area contributed by atoms with Gasteiger partial charge in [0.05, 0.1) is 12.6 Å². The third kappa shape index (κ3) is 1.69. The molecule has 0 fully saturated rings. The molecule has 1 heterocycles. The smallest absolute Gasteiger partial charge is 0.235 e. The predicted octanol–water partition coefficient (Wildman–Crippen LogP) is 2.26. The normalized spacial score (nSPS) is 11.8. The molecule has 0 radical (unpaired) electrons. The maximum absolute atomic E-state index is 5.17. The van der Waals surface area contributed by atoms with Crippen LogP contribution in [-0.4, -0.2) is 16.9 Å². The van der Waals surface area contributed by atoms with Gasteiger partial charge >= 0.3 is 0 Å². The van der Waals surface area contributed by atoms with Crippen LogP contribution < -0.4 is 4.74 Å². The fourth-order valence-corrected chi connectivity index (χ4v) is 1.40. The van der Waals surface area contributed by atoms with E-state index in [0.29, 0.717) is 0 Å². The van der Waals surface area contributed by atoms with E-state index >= 15 is 0 Å². The van der Waals surface area contributed by atoms with Crippen LogP contribution in [0.3, 0.4) is 0 Å². The van der Waals surface area contributed by atoms with Gasteiger partial charge in [-0.3, -0.25) is 4.68 Å². The lowest BCUT2D eigenvalue weighted by Gasteiger charge is -2.21. The maximum Gasteiger partial charge on any atom is 0.235 e. The SMILES string of the molecule is COc1nn(C(C)(C)C)c(C)c1C. The summed E-state index contributed by atoms with van der Waals surface area (Å²) in [6.07, 6.45) is 0. The lowest BCUT2D eigenvalue weighted by atomic mass is 10.1. The van der Waals surface area contributed by atoms with Gasteiger partial charge in [-0.2, -0.15) is 0 Å². The standard InChI is InChI=1S/C10H18N2O/c1-7-8(2)12(10(3,4)5)11-9(7)13-6/h1-6H3. The Kier molecular flexibility index (Phi) is 2.37. The van der Waals surface area contributed by atoms with Crippen LogP contribution in [0.2, 0.25) is 0 Å². The first-order chi connectivity index (χ1) is 5.88. The molecule has 0 aliphatic heterocycles. The largest absolute Gasteiger partial charge is 0.480 e. The molecule has 74 valence electrons. The van der Waals surface area contributed by atoms with E-state index < -0.39 is 0 Å². The molecule has 1 rings (SSSR count). The molecule has 3 nitrogen and oxygen atoms in total. The average Bonchev–Trinajstić information content (AvgIpc) is 2.28. The number of hydrogen-bond donors (Lipinski definition) is 0. The van der Waals surface area contributed by atoms with E-state index in [1.807, 2.05) is 11.6 Å². The average molecular weight is 182 g/mol. The van der Waals surface area contributed by atoms with Gasteiger partial charge in [-0.25, -0.2) is 0 Å². The van der Waals surface area contributed by atoms with Gasteiger partial charge in [0, 0.05) is 11.3 Å². The van der Waals surface area contributed by atoms with Crippen molar-refractivity contribution >= 4 is 0 Å². The van der Waals surface area contributed by atoms with Crippen LogP contribution in [0.15, 0.2) is 0 Å². The van der Waals surface area contributed by atoms with E-state index in [4.69, 9.17) is 4.74 Å². The summed E-state index contributed by atoms with van der Waals surface area (Å²) in [5.41, 5.74) is 2.31. The van der Waals surface area contributed by atoms with Gasteiger partial charge in [0.15, 0.2) is 0 Å². The van der Waals surface area contributed by atoms with E-state index in [0.717, 1.165) is 11.4 Å². The lowest BCUT2D eigenvalue weighted by molar-refractivity contribution is 0.325. The van der Waals surface area contributed by atoms with E-state index in [1.165, 1.54) is 5.69 Å². The predicted molar refractivity (Wildman–Crippen MR) is 53.2 cm³/mol. The topological polar surface area (TPSA) is 27.1 Å². The Morgan fingerprint density at radius 2 is 1.77 bits per heavy atom. The Bertz CT molecular complexity index is 307. The first kappa shape index (κ1) is 10.1. The molecular weight excluding hydrogens is 164 g/mol. The second-order valence-electron chi connectivity index (χ2n) is 4.30. The van der Waals surface area contributed by atoms with Crippen LogP contribution in [-0.2, 0) is 5.54 Å². The molecule has 0 aliphatic carbocycles. The number of hydrogen-bond acceptors (Lipinski definition) is 2. The minimum absolute atomic E-state index is 0.0195. The zero-order valence-electron chi connectivity index (χ0n) is 9.30. The molecule has 1 aromatic heterocycles. The quantitative estimate of drug-likeness (QED) is 0.666. The number of methoxy groups -OCH3 is 1. The van der Waals surface area contributed by atoms with Crippen LogP contribution in [0, 0.1) is 13.8 Å². The van der Waals surface area contributed by atoms with Gasteiger partial charge < -0.3 is 4.74 Å². The molecule has 0 bridgehead atoms. The zero-order valence-corrected chi connectivity index (χ0v) is 9.30. The fourth-order valence-electron chi connectivity index (χ4n) is 1.40. The van der Waals surface area contributed by atoms with Crippen molar-refractivity contribution in [3.63, 3.8) is 0 Å². The van der Waals surface area contributed by atoms with Crippen molar-refractivity contribution in [1.82, 2.24) is 9.78 Å². The minimum atomic E-state index is 0.0195. The highest BCUT2D eigenvalue weighted by atomic mass is 16.5. The van der Waals surface area contributed by atoms with Crippen molar-refractivity contribution in [3.05, 3.63) is 11.3 Å². The molecule has 0 saturated heterocycles. The van der Waals surface area contributed by atoms with Crippen LogP contribution >= 0.6 is 0 Å². The molecule has 0 N–H and O–H groups in total. The summed E-state index contributed by atoms with van der Waals surface area (Å²) >= 11 is 0. The van der Waals surface area contributed by atoms with Crippen molar-refractivity contribution < 1.29 is 4.74 Å². The molecule has 0 atom stereocenters. The Morgan fingerprint density at radius 3 is 2.00 bits per heavy atom. The van der Waals surface area contributed by atoms with Crippen molar-refractivity contribution in [3.8, 4) is 5.88 Å². The summed E-state index contributed by atoms with van der Waals surface area (Å²) in [5.74, 6) is 0.729. The number of nitrogens with zero attached hydrogens (tertiary/aromatic N) is 2. The van der Waals surface area contributed by atoms with Crippen molar-refractivity contribution in [2.45, 2.75) is 40.2 Å². The molecule has 0 amide bonds. The Hall–Kier alpha value is -0.990. The minimum Gasteiger partial charge on any atom is -0.480 e. The first-order valence-corrected chi connectivity index (χ1v) is 4.48. The molecular formula is C10H18N2O. The first-order valence-electron chi connectivity index (χ1n) is 4.48. The molecule has 13 heavy (non-hydrogen) atoms. The van der Waals surface area contributed by atoms with Gasteiger partial charge in [-0.1, -0.05) is 0 Å². The summed E-state index contributed by atoms with van der Waals surface area (Å²) in [4.78, 5) is 0. The summed E-state index contributed by atoms with van der Waals surface area (Å²) in [6, 6.07) is 0. The second kappa shape index (κ2) is 3.05. The number of ether oxygens (including phenoxy) is 1. The van der Waals surface area contributed by atoms with Crippen LogP contribution in [0.1, 0.15) is 32.0 Å². The molecule has 0 spiro atoms. The Labute approximate surface area is 79.7 Å². The van der Waals surface area contributed by atoms with Crippen LogP contribution in [0.4, 0.5) is 0 Å². The maximum atomic E-state index is 5.17. The fraction of sp³-hybridized carbons (Fsp3) is 0.700. The number of aromatic nitrogens is 2. The van der Waals surface area contributed by atoms with Crippen LogP contribution in [0.25, 0.3) is 0 Å². The van der Waals surface area contributed by atoms with Gasteiger partial charge in [0.2, 0.25) is 5.88 Å². The highest BCUT2D eigenvalue weighted by molar-refractivity contribution is 5.29.